The topological polar surface area (TPSA) is 29.1 Å². The van der Waals surface area contributed by atoms with E-state index in [2.05, 4.69) is 32.5 Å². The molecule has 1 rings (SSSR count). The van der Waals surface area contributed by atoms with Gasteiger partial charge in [0.05, 0.1) is 34.1 Å². The highest BCUT2D eigenvalue weighted by molar-refractivity contribution is 5.90. The average molecular weight is 206 g/mol. The number of quaternary nitrogens is 1. The third kappa shape index (κ3) is 5.18. The van der Waals surface area contributed by atoms with Crippen LogP contribution in [0.25, 0.3) is 0 Å². The molecule has 1 amide bonds. The molecule has 0 saturated carbocycles. The lowest BCUT2D eigenvalue weighted by atomic mass is 10.3. The molecule has 0 aliphatic rings. The maximum atomic E-state index is 11.5. The molecule has 0 aromatic heterocycles. The summed E-state index contributed by atoms with van der Waals surface area (Å²) >= 11 is 0. The Kier molecular flexibility index (Phi) is 3.86. The molecule has 0 aliphatic carbocycles. The van der Waals surface area contributed by atoms with E-state index >= 15 is 0 Å². The van der Waals surface area contributed by atoms with Crippen LogP contribution in [0.3, 0.4) is 0 Å². The van der Waals surface area contributed by atoms with Crippen molar-refractivity contribution in [3.05, 3.63) is 30.3 Å². The molecule has 0 saturated heterocycles. The Morgan fingerprint density at radius 2 is 1.93 bits per heavy atom. The van der Waals surface area contributed by atoms with Crippen molar-refractivity contribution in [3.63, 3.8) is 0 Å². The van der Waals surface area contributed by atoms with Gasteiger partial charge in [0.2, 0.25) is 5.91 Å². The molecule has 0 spiro atoms. The molecule has 1 N–H and O–H groups in total. The van der Waals surface area contributed by atoms with Crippen molar-refractivity contribution in [2.75, 3.05) is 33.0 Å². The minimum absolute atomic E-state index is 0.0641. The lowest BCUT2D eigenvalue weighted by molar-refractivity contribution is -0.869. The van der Waals surface area contributed by atoms with E-state index in [4.69, 9.17) is 0 Å². The van der Waals surface area contributed by atoms with Gasteiger partial charge in [-0.3, -0.25) is 4.79 Å². The zero-order valence-corrected chi connectivity index (χ0v) is 9.58. The number of nitrogens with zero attached hydrogens (tertiary/aromatic N) is 1. The lowest BCUT2D eigenvalue weighted by Crippen LogP contribution is -2.37. The van der Waals surface area contributed by atoms with E-state index in [9.17, 15) is 4.79 Å². The summed E-state index contributed by atoms with van der Waals surface area (Å²) in [5.41, 5.74) is 0.833. The van der Waals surface area contributed by atoms with Crippen molar-refractivity contribution in [1.29, 1.82) is 0 Å². The third-order valence-corrected chi connectivity index (χ3v) is 2.01. The molecule has 1 radical (unpaired) electrons. The molecule has 0 bridgehead atoms. The first kappa shape index (κ1) is 11.7. The van der Waals surface area contributed by atoms with Gasteiger partial charge in [-0.25, -0.2) is 0 Å². The molecule has 15 heavy (non-hydrogen) atoms. The number of amides is 1. The minimum atomic E-state index is 0.0641. The van der Waals surface area contributed by atoms with Gasteiger partial charge in [-0.05, 0) is 18.2 Å². The first-order chi connectivity index (χ1) is 6.97. The molecule has 3 nitrogen and oxygen atoms in total. The second-order valence-electron chi connectivity index (χ2n) is 4.60. The number of rotatable bonds is 4. The van der Waals surface area contributed by atoms with Gasteiger partial charge in [-0.2, -0.15) is 0 Å². The second kappa shape index (κ2) is 4.94. The summed E-state index contributed by atoms with van der Waals surface area (Å²) in [7, 11) is 6.22. The zero-order valence-electron chi connectivity index (χ0n) is 9.58. The van der Waals surface area contributed by atoms with Gasteiger partial charge in [0, 0.05) is 5.69 Å². The number of anilines is 1. The van der Waals surface area contributed by atoms with E-state index in [1.807, 2.05) is 12.1 Å². The minimum Gasteiger partial charge on any atom is -0.330 e. The Balaban J connectivity index is 2.38. The van der Waals surface area contributed by atoms with Gasteiger partial charge < -0.3 is 9.80 Å². The van der Waals surface area contributed by atoms with E-state index in [1.165, 1.54) is 0 Å². The summed E-state index contributed by atoms with van der Waals surface area (Å²) in [6, 6.07) is 10.2. The van der Waals surface area contributed by atoms with Crippen LogP contribution in [0.2, 0.25) is 0 Å². The molecule has 1 aromatic carbocycles. The van der Waals surface area contributed by atoms with Crippen molar-refractivity contribution in [2.24, 2.45) is 0 Å². The zero-order chi connectivity index (χ0) is 11.3. The predicted octanol–water partition coefficient (Wildman–Crippen LogP) is 1.52. The maximum Gasteiger partial charge on any atom is 0.230 e. The standard InChI is InChI=1S/C12H17N2O/c1-14(2,3)10-9-12(15)13-11-7-5-4-6-8-11/h5-8H,9-10H2,1-3H3/p+1. The van der Waals surface area contributed by atoms with Crippen molar-refractivity contribution in [2.45, 2.75) is 6.42 Å². The molecule has 0 heterocycles. The summed E-state index contributed by atoms with van der Waals surface area (Å²) in [5.74, 6) is 0.0641. The predicted molar refractivity (Wildman–Crippen MR) is 61.4 cm³/mol. The summed E-state index contributed by atoms with van der Waals surface area (Å²) < 4.78 is 0.802. The number of hydrogen-bond acceptors (Lipinski definition) is 1. The number of carbonyl (C=O) groups is 1. The number of benzene rings is 1. The van der Waals surface area contributed by atoms with Crippen molar-refractivity contribution < 1.29 is 9.28 Å². The van der Waals surface area contributed by atoms with Crippen LogP contribution in [-0.4, -0.2) is 38.1 Å². The number of carbonyl (C=O) groups excluding carboxylic acids is 1. The van der Waals surface area contributed by atoms with Crippen LogP contribution in [0.1, 0.15) is 6.42 Å². The molecular formula is C12H18N2O+. The van der Waals surface area contributed by atoms with Crippen LogP contribution in [0, 0.1) is 6.07 Å². The summed E-state index contributed by atoms with van der Waals surface area (Å²) in [6.07, 6.45) is 0.544. The van der Waals surface area contributed by atoms with Crippen molar-refractivity contribution >= 4 is 11.6 Å². The molecular weight excluding hydrogens is 188 g/mol. The van der Waals surface area contributed by atoms with Crippen LogP contribution in [0.4, 0.5) is 5.69 Å². The van der Waals surface area contributed by atoms with Crippen LogP contribution in [0.15, 0.2) is 24.3 Å². The molecule has 0 aliphatic heterocycles. The monoisotopic (exact) mass is 206 g/mol. The van der Waals surface area contributed by atoms with E-state index in [0.717, 1.165) is 16.7 Å². The smallest absolute Gasteiger partial charge is 0.230 e. The fourth-order valence-electron chi connectivity index (χ4n) is 1.13. The van der Waals surface area contributed by atoms with E-state index in [1.54, 1.807) is 12.1 Å². The highest BCUT2D eigenvalue weighted by Crippen LogP contribution is 2.05. The van der Waals surface area contributed by atoms with Crippen LogP contribution in [-0.2, 0) is 4.79 Å². The first-order valence-corrected chi connectivity index (χ1v) is 5.04. The molecule has 81 valence electrons. The summed E-state index contributed by atoms with van der Waals surface area (Å²) in [5, 5.41) is 2.85. The van der Waals surface area contributed by atoms with Gasteiger partial charge in [0.1, 0.15) is 0 Å². The molecule has 1 aromatic rings. The van der Waals surface area contributed by atoms with E-state index < -0.39 is 0 Å². The summed E-state index contributed by atoms with van der Waals surface area (Å²) in [6.45, 7) is 0.838. The van der Waals surface area contributed by atoms with Crippen molar-refractivity contribution in [1.82, 2.24) is 0 Å². The normalized spacial score (nSPS) is 11.1. The largest absolute Gasteiger partial charge is 0.330 e. The lowest BCUT2D eigenvalue weighted by Gasteiger charge is -2.23. The molecule has 0 fully saturated rings. The fraction of sp³-hybridized carbons (Fsp3) is 0.417. The molecule has 3 heteroatoms. The van der Waals surface area contributed by atoms with E-state index in [0.29, 0.717) is 6.42 Å². The number of hydrogen-bond donors (Lipinski definition) is 1. The van der Waals surface area contributed by atoms with Crippen molar-refractivity contribution in [3.8, 4) is 0 Å². The molecule has 0 atom stereocenters. The van der Waals surface area contributed by atoms with Crippen LogP contribution >= 0.6 is 0 Å². The highest BCUT2D eigenvalue weighted by atomic mass is 16.1. The van der Waals surface area contributed by atoms with E-state index in [-0.39, 0.29) is 5.91 Å². The fourth-order valence-corrected chi connectivity index (χ4v) is 1.13. The maximum absolute atomic E-state index is 11.5. The second-order valence-corrected chi connectivity index (χ2v) is 4.60. The van der Waals surface area contributed by atoms with Gasteiger partial charge in [0.15, 0.2) is 0 Å². The first-order valence-electron chi connectivity index (χ1n) is 5.04. The Morgan fingerprint density at radius 3 is 2.47 bits per heavy atom. The number of nitrogens with one attached hydrogen (secondary N) is 1. The summed E-state index contributed by atoms with van der Waals surface area (Å²) in [4.78, 5) is 11.5. The van der Waals surface area contributed by atoms with Crippen LogP contribution in [0.5, 0.6) is 0 Å². The Bertz CT molecular complexity index is 314. The molecule has 0 unspecified atom stereocenters. The van der Waals surface area contributed by atoms with Gasteiger partial charge >= 0.3 is 0 Å². The van der Waals surface area contributed by atoms with Gasteiger partial charge in [-0.1, -0.05) is 12.1 Å². The Morgan fingerprint density at radius 1 is 1.33 bits per heavy atom. The third-order valence-electron chi connectivity index (χ3n) is 2.01. The highest BCUT2D eigenvalue weighted by Gasteiger charge is 2.10. The van der Waals surface area contributed by atoms with Gasteiger partial charge in [-0.15, -0.1) is 0 Å². The van der Waals surface area contributed by atoms with Gasteiger partial charge in [0.25, 0.3) is 0 Å². The Hall–Kier alpha value is -1.35. The Labute approximate surface area is 91.3 Å². The SMILES string of the molecule is C[N+](C)(C)CCC(=O)Nc1cc[c]cc1. The quantitative estimate of drug-likeness (QED) is 0.744. The average Bonchev–Trinajstić information content (AvgIpc) is 2.15. The van der Waals surface area contributed by atoms with Crippen LogP contribution < -0.4 is 5.32 Å².